The fourth-order valence-corrected chi connectivity index (χ4v) is 3.51. The molecule has 0 aromatic heterocycles. The number of imide groups is 1. The van der Waals surface area contributed by atoms with E-state index in [9.17, 15) is 18.8 Å². The maximum Gasteiger partial charge on any atom is 0.321 e. The van der Waals surface area contributed by atoms with E-state index in [0.29, 0.717) is 12.3 Å². The van der Waals surface area contributed by atoms with E-state index < -0.39 is 24.5 Å². The molecule has 0 atom stereocenters. The van der Waals surface area contributed by atoms with Crippen LogP contribution in [-0.2, 0) is 14.3 Å². The number of benzene rings is 1. The van der Waals surface area contributed by atoms with Gasteiger partial charge in [0.05, 0.1) is 6.42 Å². The molecule has 0 saturated carbocycles. The predicted octanol–water partition coefficient (Wildman–Crippen LogP) is 3.57. The number of carbonyl (C=O) groups is 3. The Balaban J connectivity index is 1.53. The molecule has 0 heterocycles. The topological polar surface area (TPSA) is 84.5 Å². The number of hydrogen-bond donors (Lipinski definition) is 2. The van der Waals surface area contributed by atoms with Crippen molar-refractivity contribution in [3.05, 3.63) is 41.7 Å². The van der Waals surface area contributed by atoms with E-state index >= 15 is 0 Å². The first kappa shape index (κ1) is 21.9. The average Bonchev–Trinajstić information content (AvgIpc) is 2.69. The minimum absolute atomic E-state index is 0.108. The number of esters is 1. The molecule has 152 valence electrons. The molecule has 3 amide bonds. The number of thioether (sulfide) groups is 1. The number of urea groups is 1. The minimum atomic E-state index is -0.672. The molecule has 0 spiro atoms. The first-order valence-corrected chi connectivity index (χ1v) is 10.3. The van der Waals surface area contributed by atoms with Crippen molar-refractivity contribution >= 4 is 29.7 Å². The maximum atomic E-state index is 12.8. The van der Waals surface area contributed by atoms with Crippen molar-refractivity contribution in [1.29, 1.82) is 0 Å². The lowest BCUT2D eigenvalue weighted by Crippen LogP contribution is -2.41. The monoisotopic (exact) mass is 408 g/mol. The van der Waals surface area contributed by atoms with Gasteiger partial charge in [0.2, 0.25) is 0 Å². The van der Waals surface area contributed by atoms with Crippen LogP contribution in [0.25, 0.3) is 0 Å². The van der Waals surface area contributed by atoms with Crippen LogP contribution in [-0.4, -0.2) is 36.8 Å². The van der Waals surface area contributed by atoms with Gasteiger partial charge in [-0.15, -0.1) is 11.8 Å². The maximum absolute atomic E-state index is 12.8. The molecule has 0 saturated heterocycles. The van der Waals surface area contributed by atoms with Crippen LogP contribution < -0.4 is 10.6 Å². The number of ether oxygens (including phenoxy) is 1. The highest BCUT2D eigenvalue weighted by Gasteiger charge is 2.11. The van der Waals surface area contributed by atoms with Gasteiger partial charge in [0.25, 0.3) is 5.91 Å². The summed E-state index contributed by atoms with van der Waals surface area (Å²) >= 11 is 1.39. The molecule has 2 N–H and O–H groups in total. The number of carbonyl (C=O) groups excluding carboxylic acids is 3. The molecule has 1 aromatic carbocycles. The third-order valence-corrected chi connectivity index (χ3v) is 5.14. The lowest BCUT2D eigenvalue weighted by Gasteiger charge is -2.13. The van der Waals surface area contributed by atoms with E-state index in [2.05, 4.69) is 16.7 Å². The van der Waals surface area contributed by atoms with Gasteiger partial charge in [0.15, 0.2) is 6.61 Å². The zero-order chi connectivity index (χ0) is 20.2. The third-order valence-electron chi connectivity index (χ3n) is 4.12. The molecule has 28 heavy (non-hydrogen) atoms. The summed E-state index contributed by atoms with van der Waals surface area (Å²) in [5.74, 6) is -1.07. The molecule has 0 fully saturated rings. The second-order valence-electron chi connectivity index (χ2n) is 6.38. The van der Waals surface area contributed by atoms with Gasteiger partial charge in [-0.25, -0.2) is 9.18 Å². The van der Waals surface area contributed by atoms with Crippen molar-refractivity contribution in [3.8, 4) is 0 Å². The second kappa shape index (κ2) is 12.2. The van der Waals surface area contributed by atoms with E-state index in [1.54, 1.807) is 12.1 Å². The lowest BCUT2D eigenvalue weighted by atomic mass is 9.97. The van der Waals surface area contributed by atoms with Crippen molar-refractivity contribution in [1.82, 2.24) is 10.6 Å². The molecule has 1 aliphatic rings. The minimum Gasteiger partial charge on any atom is -0.456 e. The lowest BCUT2D eigenvalue weighted by molar-refractivity contribution is -0.147. The van der Waals surface area contributed by atoms with Crippen LogP contribution in [0.15, 0.2) is 40.8 Å². The van der Waals surface area contributed by atoms with E-state index in [1.165, 1.54) is 42.3 Å². The summed E-state index contributed by atoms with van der Waals surface area (Å²) in [6, 6.07) is 5.36. The first-order valence-electron chi connectivity index (χ1n) is 9.32. The predicted molar refractivity (Wildman–Crippen MR) is 105 cm³/mol. The molecule has 0 aliphatic heterocycles. The molecule has 1 aliphatic carbocycles. The fourth-order valence-electron chi connectivity index (χ4n) is 2.68. The van der Waals surface area contributed by atoms with Gasteiger partial charge < -0.3 is 10.1 Å². The number of amides is 3. The number of allylic oxidation sites excluding steroid dienone is 1. The highest BCUT2D eigenvalue weighted by molar-refractivity contribution is 7.99. The van der Waals surface area contributed by atoms with Crippen LogP contribution in [0.5, 0.6) is 0 Å². The summed E-state index contributed by atoms with van der Waals surface area (Å²) < 4.78 is 17.7. The third kappa shape index (κ3) is 9.03. The zero-order valence-corrected chi connectivity index (χ0v) is 16.5. The quantitative estimate of drug-likeness (QED) is 0.371. The molecule has 8 heteroatoms. The van der Waals surface area contributed by atoms with Gasteiger partial charge in [0, 0.05) is 17.2 Å². The summed E-state index contributed by atoms with van der Waals surface area (Å²) in [6.45, 7) is -0.0377. The van der Waals surface area contributed by atoms with Gasteiger partial charge >= 0.3 is 12.0 Å². The molecule has 1 aromatic rings. The number of nitrogens with one attached hydrogen (secondary N) is 2. The zero-order valence-electron chi connectivity index (χ0n) is 15.7. The standard InChI is InChI=1S/C20H25FN2O4S/c21-16-6-8-17(9-7-16)28-13-11-19(25)27-14-18(24)23-20(26)22-12-10-15-4-2-1-3-5-15/h4,6-9H,1-3,5,10-14H2,(H2,22,23,24,26). The summed E-state index contributed by atoms with van der Waals surface area (Å²) in [7, 11) is 0. The van der Waals surface area contributed by atoms with E-state index in [1.807, 2.05) is 0 Å². The summed E-state index contributed by atoms with van der Waals surface area (Å²) in [5, 5.41) is 4.76. The van der Waals surface area contributed by atoms with E-state index in [-0.39, 0.29) is 12.2 Å². The molecule has 0 bridgehead atoms. The fraction of sp³-hybridized carbons (Fsp3) is 0.450. The summed E-state index contributed by atoms with van der Waals surface area (Å²) in [5.41, 5.74) is 1.34. The second-order valence-corrected chi connectivity index (χ2v) is 7.54. The van der Waals surface area contributed by atoms with Crippen molar-refractivity contribution in [2.24, 2.45) is 0 Å². The Morgan fingerprint density at radius 2 is 1.93 bits per heavy atom. The Bertz CT molecular complexity index is 707. The molecule has 0 radical (unpaired) electrons. The van der Waals surface area contributed by atoms with Crippen LogP contribution >= 0.6 is 11.8 Å². The molecule has 2 rings (SSSR count). The summed E-state index contributed by atoms with van der Waals surface area (Å²) in [6.07, 6.45) is 7.66. The highest BCUT2D eigenvalue weighted by atomic mass is 32.2. The smallest absolute Gasteiger partial charge is 0.321 e. The van der Waals surface area contributed by atoms with Crippen LogP contribution in [0.4, 0.5) is 9.18 Å². The Labute approximate surface area is 168 Å². The van der Waals surface area contributed by atoms with E-state index in [4.69, 9.17) is 4.74 Å². The Morgan fingerprint density at radius 3 is 2.64 bits per heavy atom. The van der Waals surface area contributed by atoms with Crippen molar-refractivity contribution in [2.75, 3.05) is 18.9 Å². The molecule has 6 nitrogen and oxygen atoms in total. The first-order chi connectivity index (χ1) is 13.5. The Morgan fingerprint density at radius 1 is 1.14 bits per heavy atom. The van der Waals surface area contributed by atoms with Crippen LogP contribution in [0.3, 0.4) is 0 Å². The normalized spacial score (nSPS) is 13.4. The van der Waals surface area contributed by atoms with Gasteiger partial charge in [-0.2, -0.15) is 0 Å². The summed E-state index contributed by atoms with van der Waals surface area (Å²) in [4.78, 5) is 35.8. The van der Waals surface area contributed by atoms with E-state index in [0.717, 1.165) is 24.2 Å². The van der Waals surface area contributed by atoms with Gasteiger partial charge in [-0.05, 0) is 56.4 Å². The SMILES string of the molecule is O=C(COC(=O)CCSc1ccc(F)cc1)NC(=O)NCCC1=CCCCC1. The largest absolute Gasteiger partial charge is 0.456 e. The van der Waals surface area contributed by atoms with Crippen LogP contribution in [0.1, 0.15) is 38.5 Å². The van der Waals surface area contributed by atoms with Crippen LogP contribution in [0.2, 0.25) is 0 Å². The number of halogens is 1. The Kier molecular flexibility index (Phi) is 9.54. The van der Waals surface area contributed by atoms with Gasteiger partial charge in [-0.3, -0.25) is 14.9 Å². The number of rotatable bonds is 9. The average molecular weight is 408 g/mol. The Hall–Kier alpha value is -2.35. The van der Waals surface area contributed by atoms with Gasteiger partial charge in [0.1, 0.15) is 5.82 Å². The van der Waals surface area contributed by atoms with Crippen LogP contribution in [0, 0.1) is 5.82 Å². The highest BCUT2D eigenvalue weighted by Crippen LogP contribution is 2.19. The molecular formula is C20H25FN2O4S. The van der Waals surface area contributed by atoms with Crippen molar-refractivity contribution in [2.45, 2.75) is 43.4 Å². The molecular weight excluding hydrogens is 383 g/mol. The van der Waals surface area contributed by atoms with Crippen molar-refractivity contribution < 1.29 is 23.5 Å². The molecule has 0 unspecified atom stereocenters. The van der Waals surface area contributed by atoms with Crippen molar-refractivity contribution in [3.63, 3.8) is 0 Å². The number of hydrogen-bond acceptors (Lipinski definition) is 5. The van der Waals surface area contributed by atoms with Gasteiger partial charge in [-0.1, -0.05) is 11.6 Å².